The molecule has 1 aromatic carbocycles. The van der Waals surface area contributed by atoms with Crippen LogP contribution in [0.5, 0.6) is 0 Å². The molecule has 5 nitrogen and oxygen atoms in total. The molecule has 188 valence electrons. The first-order valence-electron chi connectivity index (χ1n) is 10.9. The van der Waals surface area contributed by atoms with Crippen molar-refractivity contribution in [2.45, 2.75) is 44.5 Å². The highest BCUT2D eigenvalue weighted by Crippen LogP contribution is 2.42. The van der Waals surface area contributed by atoms with E-state index in [9.17, 15) is 31.1 Å². The number of hydrogen-bond donors (Lipinski definition) is 1. The van der Waals surface area contributed by atoms with Gasteiger partial charge < -0.3 is 4.90 Å². The number of halogens is 6. The molecule has 0 bridgehead atoms. The molecule has 0 spiro atoms. The Hall–Kier alpha value is -2.89. The van der Waals surface area contributed by atoms with Crippen molar-refractivity contribution in [1.82, 2.24) is 20.1 Å². The van der Waals surface area contributed by atoms with Gasteiger partial charge in [0, 0.05) is 36.4 Å². The van der Waals surface area contributed by atoms with Crippen LogP contribution in [-0.2, 0) is 4.79 Å². The Morgan fingerprint density at radius 3 is 2.34 bits per heavy atom. The van der Waals surface area contributed by atoms with Crippen LogP contribution in [0.15, 0.2) is 35.8 Å². The molecule has 0 radical (unpaired) electrons. The molecule has 3 aromatic rings. The number of nitrogens with zero attached hydrogens (tertiary/aromatic N) is 3. The van der Waals surface area contributed by atoms with E-state index in [1.54, 1.807) is 6.20 Å². The number of benzene rings is 1. The number of H-pyrrole nitrogens is 1. The van der Waals surface area contributed by atoms with Gasteiger partial charge in [0.25, 0.3) is 0 Å². The minimum absolute atomic E-state index is 0.0418. The van der Waals surface area contributed by atoms with Gasteiger partial charge in [0.05, 0.1) is 23.1 Å². The van der Waals surface area contributed by atoms with Gasteiger partial charge in [-0.25, -0.2) is 4.98 Å². The van der Waals surface area contributed by atoms with Crippen molar-refractivity contribution in [3.8, 4) is 21.8 Å². The third kappa shape index (κ3) is 5.68. The first kappa shape index (κ1) is 25.2. The largest absolute Gasteiger partial charge is 0.400 e. The van der Waals surface area contributed by atoms with Crippen LogP contribution >= 0.6 is 11.3 Å². The monoisotopic (exact) mass is 516 g/mol. The third-order valence-electron chi connectivity index (χ3n) is 6.17. The van der Waals surface area contributed by atoms with Crippen LogP contribution in [-0.4, -0.2) is 51.4 Å². The average Bonchev–Trinajstić information content (AvgIpc) is 3.46. The maximum atomic E-state index is 12.8. The molecule has 1 aliphatic heterocycles. The van der Waals surface area contributed by atoms with Gasteiger partial charge >= 0.3 is 12.4 Å². The second-order valence-corrected chi connectivity index (χ2v) is 9.46. The van der Waals surface area contributed by atoms with Crippen molar-refractivity contribution < 1.29 is 31.1 Å². The Kier molecular flexibility index (Phi) is 6.94. The zero-order valence-corrected chi connectivity index (χ0v) is 19.4. The van der Waals surface area contributed by atoms with Gasteiger partial charge in [-0.05, 0) is 19.8 Å². The maximum absolute atomic E-state index is 12.8. The van der Waals surface area contributed by atoms with Crippen molar-refractivity contribution in [2.24, 2.45) is 5.92 Å². The number of nitrogens with one attached hydrogen (secondary N) is 1. The molecule has 1 aliphatic rings. The van der Waals surface area contributed by atoms with Crippen molar-refractivity contribution in [3.05, 3.63) is 47.1 Å². The molecule has 0 aliphatic carbocycles. The minimum atomic E-state index is -5.52. The van der Waals surface area contributed by atoms with E-state index in [0.717, 1.165) is 38.0 Å². The summed E-state index contributed by atoms with van der Waals surface area (Å²) in [5.74, 6) is -4.83. The lowest BCUT2D eigenvalue weighted by molar-refractivity contribution is -0.284. The smallest absolute Gasteiger partial charge is 0.343 e. The zero-order chi connectivity index (χ0) is 25.4. The predicted octanol–water partition coefficient (Wildman–Crippen LogP) is 6.35. The number of hydrogen-bond acceptors (Lipinski definition) is 4. The Morgan fingerprint density at radius 1 is 1.11 bits per heavy atom. The van der Waals surface area contributed by atoms with Crippen LogP contribution in [0.1, 0.15) is 36.4 Å². The van der Waals surface area contributed by atoms with E-state index in [0.29, 0.717) is 12.8 Å². The highest BCUT2D eigenvalue weighted by atomic mass is 32.1. The molecule has 0 saturated carbocycles. The van der Waals surface area contributed by atoms with Crippen LogP contribution in [0.25, 0.3) is 21.8 Å². The molecule has 1 amide bonds. The topological polar surface area (TPSA) is 61.9 Å². The second-order valence-electron chi connectivity index (χ2n) is 8.60. The number of piperidine rings is 1. The number of carbonyl (C=O) groups excluding carboxylic acids is 1. The summed E-state index contributed by atoms with van der Waals surface area (Å²) in [6.45, 7) is 2.16. The van der Waals surface area contributed by atoms with Crippen LogP contribution in [0.4, 0.5) is 26.3 Å². The second kappa shape index (κ2) is 9.63. The van der Waals surface area contributed by atoms with Crippen molar-refractivity contribution >= 4 is 17.2 Å². The number of rotatable bonds is 5. The standard InChI is InChI=1S/C23H22F6N4OS/c1-13-2-4-15(5-3-13)20-16(11-30-32-20)21-31-17(12-35-21)14-6-8-33(9-7-14)19(34)10-18(22(24,25)26)23(27,28)29/h2-5,11-12,14,18H,6-10H2,1H3,(H,30,32). The molecule has 12 heteroatoms. The Labute approximate surface area is 201 Å². The van der Waals surface area contributed by atoms with Gasteiger partial charge in [-0.1, -0.05) is 29.8 Å². The molecule has 35 heavy (non-hydrogen) atoms. The molecule has 1 N–H and O–H groups in total. The van der Waals surface area contributed by atoms with Crippen LogP contribution in [0.2, 0.25) is 0 Å². The maximum Gasteiger partial charge on any atom is 0.400 e. The SMILES string of the molecule is Cc1ccc(-c2[nH]ncc2-c2nc(C3CCN(C(=O)CC(C(F)(F)F)C(F)(F)F)CC3)cs2)cc1. The van der Waals surface area contributed by atoms with Gasteiger partial charge in [-0.15, -0.1) is 11.3 Å². The number of aromatic amines is 1. The molecule has 1 fully saturated rings. The predicted molar refractivity (Wildman–Crippen MR) is 119 cm³/mol. The molecular formula is C23H22F6N4OS. The van der Waals surface area contributed by atoms with Crippen molar-refractivity contribution in [1.29, 1.82) is 0 Å². The molecule has 2 aromatic heterocycles. The van der Waals surface area contributed by atoms with E-state index in [1.807, 2.05) is 36.6 Å². The molecular weight excluding hydrogens is 494 g/mol. The summed E-state index contributed by atoms with van der Waals surface area (Å²) in [4.78, 5) is 18.0. The summed E-state index contributed by atoms with van der Waals surface area (Å²) in [5, 5.41) is 9.79. The summed E-state index contributed by atoms with van der Waals surface area (Å²) in [5.41, 5.74) is 4.54. The number of likely N-dealkylation sites (tertiary alicyclic amines) is 1. The van der Waals surface area contributed by atoms with E-state index >= 15 is 0 Å². The summed E-state index contributed by atoms with van der Waals surface area (Å²) >= 11 is 1.43. The fraction of sp³-hybridized carbons (Fsp3) is 0.435. The van der Waals surface area contributed by atoms with Gasteiger partial charge in [0.2, 0.25) is 5.91 Å². The lowest BCUT2D eigenvalue weighted by atomic mass is 9.93. The highest BCUT2D eigenvalue weighted by molar-refractivity contribution is 7.13. The summed E-state index contributed by atoms with van der Waals surface area (Å²) in [7, 11) is 0. The third-order valence-corrected chi connectivity index (χ3v) is 7.06. The quantitative estimate of drug-likeness (QED) is 0.402. The van der Waals surface area contributed by atoms with Gasteiger partial charge in [-0.3, -0.25) is 9.89 Å². The number of aromatic nitrogens is 3. The number of aryl methyl sites for hydroxylation is 1. The Balaban J connectivity index is 1.40. The van der Waals surface area contributed by atoms with E-state index in [-0.39, 0.29) is 19.0 Å². The zero-order valence-electron chi connectivity index (χ0n) is 18.6. The first-order chi connectivity index (χ1) is 16.4. The van der Waals surface area contributed by atoms with Crippen LogP contribution in [0.3, 0.4) is 0 Å². The Bertz CT molecular complexity index is 1150. The lowest BCUT2D eigenvalue weighted by Crippen LogP contribution is -2.44. The first-order valence-corrected chi connectivity index (χ1v) is 11.8. The van der Waals surface area contributed by atoms with E-state index in [2.05, 4.69) is 10.2 Å². The van der Waals surface area contributed by atoms with Crippen LogP contribution in [0, 0.1) is 12.8 Å². The fourth-order valence-electron chi connectivity index (χ4n) is 4.13. The molecule has 0 atom stereocenters. The van der Waals surface area contributed by atoms with E-state index in [4.69, 9.17) is 4.98 Å². The van der Waals surface area contributed by atoms with Gasteiger partial charge in [-0.2, -0.15) is 31.4 Å². The fourth-order valence-corrected chi connectivity index (χ4v) is 5.05. The molecule has 4 rings (SSSR count). The molecule has 1 saturated heterocycles. The van der Waals surface area contributed by atoms with Gasteiger partial charge in [0.15, 0.2) is 5.92 Å². The van der Waals surface area contributed by atoms with Gasteiger partial charge in [0.1, 0.15) is 5.01 Å². The van der Waals surface area contributed by atoms with E-state index in [1.165, 1.54) is 11.3 Å². The number of amides is 1. The lowest BCUT2D eigenvalue weighted by Gasteiger charge is -2.33. The van der Waals surface area contributed by atoms with Crippen LogP contribution < -0.4 is 0 Å². The normalized spacial score (nSPS) is 15.7. The summed E-state index contributed by atoms with van der Waals surface area (Å²) in [6.07, 6.45) is -10.2. The number of carbonyl (C=O) groups is 1. The number of thiazole rings is 1. The summed E-state index contributed by atoms with van der Waals surface area (Å²) < 4.78 is 76.8. The number of alkyl halides is 6. The summed E-state index contributed by atoms with van der Waals surface area (Å²) in [6, 6.07) is 7.95. The average molecular weight is 517 g/mol. The van der Waals surface area contributed by atoms with Crippen molar-refractivity contribution in [3.63, 3.8) is 0 Å². The minimum Gasteiger partial charge on any atom is -0.343 e. The van der Waals surface area contributed by atoms with E-state index < -0.39 is 30.6 Å². The Morgan fingerprint density at radius 2 is 1.74 bits per heavy atom. The molecule has 0 unspecified atom stereocenters. The highest BCUT2D eigenvalue weighted by Gasteiger charge is 2.57. The van der Waals surface area contributed by atoms with Crippen molar-refractivity contribution in [2.75, 3.05) is 13.1 Å². The molecule has 3 heterocycles.